The average Bonchev–Trinajstić information content (AvgIpc) is 2.72. The third-order valence-electron chi connectivity index (χ3n) is 4.19. The van der Waals surface area contributed by atoms with Crippen LogP contribution >= 0.6 is 28.1 Å². The van der Waals surface area contributed by atoms with Crippen LogP contribution in [0.25, 0.3) is 0 Å². The molecule has 4 N–H and O–H groups in total. The van der Waals surface area contributed by atoms with Gasteiger partial charge < -0.3 is 10.1 Å². The molecule has 0 radical (unpaired) electrons. The van der Waals surface area contributed by atoms with E-state index in [1.807, 2.05) is 32.0 Å². The van der Waals surface area contributed by atoms with Crippen molar-refractivity contribution in [1.82, 2.24) is 16.2 Å². The highest BCUT2D eigenvalue weighted by atomic mass is 79.9. The summed E-state index contributed by atoms with van der Waals surface area (Å²) in [5.74, 6) is -0.586. The van der Waals surface area contributed by atoms with Crippen LogP contribution in [0.3, 0.4) is 0 Å². The van der Waals surface area contributed by atoms with E-state index in [0.29, 0.717) is 21.5 Å². The van der Waals surface area contributed by atoms with Crippen molar-refractivity contribution in [3.8, 4) is 5.75 Å². The molecule has 31 heavy (non-hydrogen) atoms. The van der Waals surface area contributed by atoms with Gasteiger partial charge in [-0.1, -0.05) is 17.7 Å². The molecule has 2 aromatic rings. The number of amides is 3. The van der Waals surface area contributed by atoms with Crippen molar-refractivity contribution in [3.63, 3.8) is 0 Å². The molecule has 0 unspecified atom stereocenters. The SMILES string of the molecule is COc1ccc(C(=O)NC(=S)NNC(=O)CCC(=O)Nc2ccc(C)cc2C)cc1Br. The quantitative estimate of drug-likeness (QED) is 0.354. The number of ether oxygens (including phenoxy) is 1. The Labute approximate surface area is 194 Å². The molecule has 0 fully saturated rings. The minimum atomic E-state index is -0.456. The van der Waals surface area contributed by atoms with Crippen LogP contribution in [-0.2, 0) is 9.59 Å². The number of rotatable bonds is 6. The molecule has 0 saturated carbocycles. The Balaban J connectivity index is 1.73. The first kappa shape index (κ1) is 24.3. The summed E-state index contributed by atoms with van der Waals surface area (Å²) in [5.41, 5.74) is 7.91. The molecule has 0 spiro atoms. The molecule has 0 saturated heterocycles. The number of thiocarbonyl (C=S) groups is 1. The second-order valence-corrected chi connectivity index (χ2v) is 7.93. The molecule has 0 atom stereocenters. The number of carbonyl (C=O) groups is 3. The van der Waals surface area contributed by atoms with Crippen LogP contribution in [-0.4, -0.2) is 29.9 Å². The monoisotopic (exact) mass is 506 g/mol. The third-order valence-corrected chi connectivity index (χ3v) is 5.02. The van der Waals surface area contributed by atoms with Crippen LogP contribution in [0.1, 0.15) is 34.3 Å². The second-order valence-electron chi connectivity index (χ2n) is 6.67. The van der Waals surface area contributed by atoms with Gasteiger partial charge in [0.1, 0.15) is 5.75 Å². The molecular weight excluding hydrogens is 484 g/mol. The number of anilines is 1. The van der Waals surface area contributed by atoms with Crippen molar-refractivity contribution in [2.45, 2.75) is 26.7 Å². The van der Waals surface area contributed by atoms with E-state index in [9.17, 15) is 14.4 Å². The molecule has 0 aliphatic rings. The van der Waals surface area contributed by atoms with E-state index in [0.717, 1.165) is 11.1 Å². The summed E-state index contributed by atoms with van der Waals surface area (Å²) >= 11 is 8.31. The lowest BCUT2D eigenvalue weighted by atomic mass is 10.1. The predicted molar refractivity (Wildman–Crippen MR) is 126 cm³/mol. The lowest BCUT2D eigenvalue weighted by Gasteiger charge is -2.12. The normalized spacial score (nSPS) is 10.1. The second kappa shape index (κ2) is 11.4. The van der Waals surface area contributed by atoms with Crippen LogP contribution in [0.15, 0.2) is 40.9 Å². The Hall–Kier alpha value is -2.98. The fourth-order valence-electron chi connectivity index (χ4n) is 2.60. The Bertz CT molecular complexity index is 1010. The standard InChI is InChI=1S/C21H23BrN4O4S/c1-12-4-6-16(13(2)10-12)23-18(27)8-9-19(28)25-26-21(31)24-20(29)14-5-7-17(30-3)15(22)11-14/h4-7,10-11H,8-9H2,1-3H3,(H,23,27)(H,25,28)(H2,24,26,29,31). The van der Waals surface area contributed by atoms with Gasteiger partial charge in [-0.25, -0.2) is 0 Å². The maximum Gasteiger partial charge on any atom is 0.257 e. The zero-order valence-corrected chi connectivity index (χ0v) is 19.7. The fraction of sp³-hybridized carbons (Fsp3) is 0.238. The molecule has 8 nitrogen and oxygen atoms in total. The van der Waals surface area contributed by atoms with Crippen LogP contribution in [0.2, 0.25) is 0 Å². The highest BCUT2D eigenvalue weighted by Crippen LogP contribution is 2.25. The summed E-state index contributed by atoms with van der Waals surface area (Å²) in [4.78, 5) is 36.2. The summed E-state index contributed by atoms with van der Waals surface area (Å²) in [5, 5.41) is 5.15. The average molecular weight is 507 g/mol. The first-order chi connectivity index (χ1) is 14.7. The van der Waals surface area contributed by atoms with Crippen LogP contribution in [0, 0.1) is 13.8 Å². The van der Waals surface area contributed by atoms with Gasteiger partial charge in [-0.2, -0.15) is 0 Å². The molecule has 3 amide bonds. The molecule has 164 valence electrons. The van der Waals surface area contributed by atoms with E-state index in [4.69, 9.17) is 17.0 Å². The number of nitrogens with one attached hydrogen (secondary N) is 4. The minimum absolute atomic E-state index is 0.000173. The summed E-state index contributed by atoms with van der Waals surface area (Å²) in [6.45, 7) is 3.87. The Morgan fingerprint density at radius 2 is 1.71 bits per heavy atom. The maximum absolute atomic E-state index is 12.2. The number of hydrazine groups is 1. The summed E-state index contributed by atoms with van der Waals surface area (Å²) < 4.78 is 5.74. The first-order valence-electron chi connectivity index (χ1n) is 9.30. The van der Waals surface area contributed by atoms with Gasteiger partial charge in [0.2, 0.25) is 11.8 Å². The number of aryl methyl sites for hydroxylation is 2. The number of carbonyl (C=O) groups excluding carboxylic acids is 3. The van der Waals surface area contributed by atoms with Gasteiger partial charge in [-0.15, -0.1) is 0 Å². The molecule has 0 aliphatic heterocycles. The molecule has 0 bridgehead atoms. The summed E-state index contributed by atoms with van der Waals surface area (Å²) in [6, 6.07) is 10.5. The topological polar surface area (TPSA) is 109 Å². The highest BCUT2D eigenvalue weighted by Gasteiger charge is 2.12. The first-order valence-corrected chi connectivity index (χ1v) is 10.5. The third kappa shape index (κ3) is 7.65. The highest BCUT2D eigenvalue weighted by molar-refractivity contribution is 9.10. The number of hydrogen-bond donors (Lipinski definition) is 4. The smallest absolute Gasteiger partial charge is 0.257 e. The van der Waals surface area contributed by atoms with Gasteiger partial charge in [0, 0.05) is 24.1 Å². The molecule has 0 aliphatic carbocycles. The van der Waals surface area contributed by atoms with E-state index in [-0.39, 0.29) is 23.9 Å². The van der Waals surface area contributed by atoms with Gasteiger partial charge in [0.05, 0.1) is 11.6 Å². The lowest BCUT2D eigenvalue weighted by molar-refractivity contribution is -0.124. The Morgan fingerprint density at radius 3 is 2.35 bits per heavy atom. The predicted octanol–water partition coefficient (Wildman–Crippen LogP) is 3.13. The summed E-state index contributed by atoms with van der Waals surface area (Å²) in [6.07, 6.45) is -0.0500. The van der Waals surface area contributed by atoms with E-state index in [2.05, 4.69) is 37.4 Å². The molecule has 0 heterocycles. The maximum atomic E-state index is 12.2. The lowest BCUT2D eigenvalue weighted by Crippen LogP contribution is -2.48. The number of hydrogen-bond acceptors (Lipinski definition) is 5. The van der Waals surface area contributed by atoms with Crippen LogP contribution < -0.4 is 26.2 Å². The van der Waals surface area contributed by atoms with Crippen molar-refractivity contribution in [3.05, 3.63) is 57.6 Å². The zero-order chi connectivity index (χ0) is 23.0. The van der Waals surface area contributed by atoms with Gasteiger partial charge in [0.15, 0.2) is 5.11 Å². The minimum Gasteiger partial charge on any atom is -0.496 e. The van der Waals surface area contributed by atoms with Gasteiger partial charge in [0.25, 0.3) is 5.91 Å². The van der Waals surface area contributed by atoms with Crippen molar-refractivity contribution >= 4 is 56.7 Å². The Kier molecular flexibility index (Phi) is 8.95. The van der Waals surface area contributed by atoms with E-state index in [1.54, 1.807) is 18.2 Å². The molecule has 10 heteroatoms. The largest absolute Gasteiger partial charge is 0.496 e. The van der Waals surface area contributed by atoms with E-state index < -0.39 is 11.8 Å². The van der Waals surface area contributed by atoms with Crippen molar-refractivity contribution in [1.29, 1.82) is 0 Å². The molecule has 2 aromatic carbocycles. The molecular formula is C21H23BrN4O4S. The van der Waals surface area contributed by atoms with Crippen LogP contribution in [0.5, 0.6) is 5.75 Å². The summed E-state index contributed by atoms with van der Waals surface area (Å²) in [7, 11) is 1.52. The Morgan fingerprint density at radius 1 is 1.00 bits per heavy atom. The number of benzene rings is 2. The van der Waals surface area contributed by atoms with Gasteiger partial charge >= 0.3 is 0 Å². The zero-order valence-electron chi connectivity index (χ0n) is 17.3. The molecule has 2 rings (SSSR count). The van der Waals surface area contributed by atoms with E-state index in [1.165, 1.54) is 7.11 Å². The number of halogens is 1. The van der Waals surface area contributed by atoms with E-state index >= 15 is 0 Å². The fourth-order valence-corrected chi connectivity index (χ4v) is 3.28. The van der Waals surface area contributed by atoms with Crippen molar-refractivity contribution in [2.24, 2.45) is 0 Å². The van der Waals surface area contributed by atoms with Crippen LogP contribution in [0.4, 0.5) is 5.69 Å². The van der Waals surface area contributed by atoms with Crippen molar-refractivity contribution in [2.75, 3.05) is 12.4 Å². The van der Waals surface area contributed by atoms with Crippen molar-refractivity contribution < 1.29 is 19.1 Å². The molecule has 0 aromatic heterocycles. The van der Waals surface area contributed by atoms with Gasteiger partial charge in [-0.05, 0) is 71.8 Å². The number of methoxy groups -OCH3 is 1. The van der Waals surface area contributed by atoms with Gasteiger partial charge in [-0.3, -0.25) is 30.6 Å².